The molecule has 1 amide bonds. The van der Waals surface area contributed by atoms with Crippen molar-refractivity contribution < 1.29 is 4.79 Å². The number of hydrogen-bond acceptors (Lipinski definition) is 7. The van der Waals surface area contributed by atoms with Crippen LogP contribution < -0.4 is 5.32 Å². The first-order valence-corrected chi connectivity index (χ1v) is 12.8. The van der Waals surface area contributed by atoms with Gasteiger partial charge in [-0.3, -0.25) is 9.36 Å². The highest BCUT2D eigenvalue weighted by Gasteiger charge is 2.30. The Bertz CT molecular complexity index is 1220. The van der Waals surface area contributed by atoms with Gasteiger partial charge in [-0.25, -0.2) is 4.98 Å². The Morgan fingerprint density at radius 3 is 2.81 bits per heavy atom. The van der Waals surface area contributed by atoms with Crippen LogP contribution in [-0.2, 0) is 4.79 Å². The lowest BCUT2D eigenvalue weighted by Crippen LogP contribution is -2.14. The molecule has 0 saturated heterocycles. The van der Waals surface area contributed by atoms with Gasteiger partial charge < -0.3 is 5.32 Å². The molecule has 1 saturated carbocycles. The number of nitrogens with zero attached hydrogens (tertiary/aromatic N) is 4. The maximum atomic E-state index is 12.5. The molecule has 6 nitrogen and oxygen atoms in total. The summed E-state index contributed by atoms with van der Waals surface area (Å²) in [6.45, 7) is 4.19. The molecular weight excluding hydrogens is 446 g/mol. The fraction of sp³-hybridized carbons (Fsp3) is 0.273. The van der Waals surface area contributed by atoms with Crippen molar-refractivity contribution in [3.05, 3.63) is 52.2 Å². The molecule has 1 aliphatic carbocycles. The van der Waals surface area contributed by atoms with Crippen molar-refractivity contribution in [1.29, 1.82) is 0 Å². The van der Waals surface area contributed by atoms with E-state index in [4.69, 9.17) is 0 Å². The van der Waals surface area contributed by atoms with Gasteiger partial charge in [0, 0.05) is 17.0 Å². The highest BCUT2D eigenvalue weighted by Crippen LogP contribution is 2.41. The number of thiazole rings is 1. The van der Waals surface area contributed by atoms with E-state index in [-0.39, 0.29) is 11.7 Å². The minimum Gasteiger partial charge on any atom is -0.301 e. The number of carbonyl (C=O) groups excluding carboxylic acids is 1. The van der Waals surface area contributed by atoms with Crippen LogP contribution in [0.25, 0.3) is 22.0 Å². The van der Waals surface area contributed by atoms with Gasteiger partial charge in [-0.1, -0.05) is 30.0 Å². The minimum atomic E-state index is -0.0889. The molecule has 4 aromatic rings. The van der Waals surface area contributed by atoms with Gasteiger partial charge in [-0.2, -0.15) is 0 Å². The van der Waals surface area contributed by atoms with Gasteiger partial charge in [0.1, 0.15) is 0 Å². The summed E-state index contributed by atoms with van der Waals surface area (Å²) < 4.78 is 2.19. The number of thioether (sulfide) groups is 1. The Hall–Kier alpha value is -2.49. The Labute approximate surface area is 192 Å². The number of benzene rings is 1. The second kappa shape index (κ2) is 8.57. The average Bonchev–Trinajstić information content (AvgIpc) is 3.15. The molecule has 31 heavy (non-hydrogen) atoms. The van der Waals surface area contributed by atoms with Gasteiger partial charge in [-0.15, -0.1) is 32.9 Å². The number of amides is 1. The summed E-state index contributed by atoms with van der Waals surface area (Å²) in [7, 11) is 0. The summed E-state index contributed by atoms with van der Waals surface area (Å²) in [5.74, 6) is 1.08. The third kappa shape index (κ3) is 4.44. The van der Waals surface area contributed by atoms with E-state index in [2.05, 4.69) is 63.2 Å². The van der Waals surface area contributed by atoms with Gasteiger partial charge in [-0.05, 0) is 55.3 Å². The standard InChI is InChI=1S/C22H21N5OS3/c1-13-5-6-15(10-14(13)2)17-11-30-21(23-17)24-19(28)12-31-22-26-25-20(18-4-3-9-29-18)27(22)16-7-8-16/h3-6,9-11,16H,7-8,12H2,1-2H3,(H,23,24,28). The van der Waals surface area contributed by atoms with E-state index in [1.165, 1.54) is 34.2 Å². The number of thiophene rings is 1. The van der Waals surface area contributed by atoms with Crippen LogP contribution in [-0.4, -0.2) is 31.4 Å². The maximum Gasteiger partial charge on any atom is 0.236 e. The molecule has 0 unspecified atom stereocenters. The Morgan fingerprint density at radius 2 is 2.06 bits per heavy atom. The van der Waals surface area contributed by atoms with Crippen LogP contribution in [0.5, 0.6) is 0 Å². The largest absolute Gasteiger partial charge is 0.301 e. The van der Waals surface area contributed by atoms with Crippen LogP contribution in [0.3, 0.4) is 0 Å². The summed E-state index contributed by atoms with van der Waals surface area (Å²) in [4.78, 5) is 18.2. The van der Waals surface area contributed by atoms with Crippen molar-refractivity contribution in [1.82, 2.24) is 19.7 Å². The topological polar surface area (TPSA) is 72.7 Å². The first-order chi connectivity index (χ1) is 15.1. The van der Waals surface area contributed by atoms with Crippen LogP contribution in [0.2, 0.25) is 0 Å². The number of anilines is 1. The number of hydrogen-bond donors (Lipinski definition) is 1. The van der Waals surface area contributed by atoms with Gasteiger partial charge in [0.15, 0.2) is 16.1 Å². The van der Waals surface area contributed by atoms with Crippen molar-refractivity contribution in [2.75, 3.05) is 11.1 Å². The molecule has 158 valence electrons. The molecule has 1 aromatic carbocycles. The van der Waals surface area contributed by atoms with Crippen molar-refractivity contribution in [3.8, 4) is 22.0 Å². The molecule has 5 rings (SSSR count). The first kappa shape index (κ1) is 20.4. The summed E-state index contributed by atoms with van der Waals surface area (Å²) in [6.07, 6.45) is 2.27. The molecule has 1 N–H and O–H groups in total. The van der Waals surface area contributed by atoms with E-state index in [1.54, 1.807) is 11.3 Å². The fourth-order valence-corrected chi connectivity index (χ4v) is 5.51. The van der Waals surface area contributed by atoms with Crippen molar-refractivity contribution >= 4 is 45.5 Å². The first-order valence-electron chi connectivity index (χ1n) is 10.0. The number of aryl methyl sites for hydroxylation is 2. The fourth-order valence-electron chi connectivity index (χ4n) is 3.26. The van der Waals surface area contributed by atoms with E-state index in [1.807, 2.05) is 16.8 Å². The Kier molecular flexibility index (Phi) is 5.64. The highest BCUT2D eigenvalue weighted by molar-refractivity contribution is 7.99. The van der Waals surface area contributed by atoms with E-state index < -0.39 is 0 Å². The molecule has 0 atom stereocenters. The van der Waals surface area contributed by atoms with Gasteiger partial charge in [0.25, 0.3) is 0 Å². The number of rotatable bonds is 7. The lowest BCUT2D eigenvalue weighted by Gasteiger charge is -2.07. The average molecular weight is 468 g/mol. The summed E-state index contributed by atoms with van der Waals surface area (Å²) in [6, 6.07) is 10.8. The zero-order valence-electron chi connectivity index (χ0n) is 17.2. The lowest BCUT2D eigenvalue weighted by molar-refractivity contribution is -0.113. The van der Waals surface area contributed by atoms with Crippen LogP contribution in [0, 0.1) is 13.8 Å². The zero-order chi connectivity index (χ0) is 21.4. The quantitative estimate of drug-likeness (QED) is 0.347. The maximum absolute atomic E-state index is 12.5. The third-order valence-corrected chi connectivity index (χ3v) is 7.77. The lowest BCUT2D eigenvalue weighted by atomic mass is 10.1. The van der Waals surface area contributed by atoms with Crippen LogP contribution in [0.4, 0.5) is 5.13 Å². The molecule has 0 spiro atoms. The molecule has 3 heterocycles. The van der Waals surface area contributed by atoms with Gasteiger partial charge in [0.05, 0.1) is 16.3 Å². The van der Waals surface area contributed by atoms with E-state index in [0.717, 1.165) is 40.0 Å². The minimum absolute atomic E-state index is 0.0889. The smallest absolute Gasteiger partial charge is 0.236 e. The third-order valence-electron chi connectivity index (χ3n) is 5.20. The van der Waals surface area contributed by atoms with Gasteiger partial charge >= 0.3 is 0 Å². The molecule has 0 bridgehead atoms. The normalized spacial score (nSPS) is 13.5. The molecule has 1 aliphatic rings. The van der Waals surface area contributed by atoms with Crippen LogP contribution >= 0.6 is 34.4 Å². The molecule has 3 aromatic heterocycles. The Balaban J connectivity index is 1.24. The highest BCUT2D eigenvalue weighted by atomic mass is 32.2. The predicted octanol–water partition coefficient (Wildman–Crippen LogP) is 5.81. The summed E-state index contributed by atoms with van der Waals surface area (Å²) in [5, 5.41) is 17.1. The second-order valence-corrected chi connectivity index (χ2v) is 10.3. The molecular formula is C22H21N5OS3. The predicted molar refractivity (Wildman–Crippen MR) is 128 cm³/mol. The van der Waals surface area contributed by atoms with Crippen molar-refractivity contribution in [2.24, 2.45) is 0 Å². The monoisotopic (exact) mass is 467 g/mol. The summed E-state index contributed by atoms with van der Waals surface area (Å²) >= 11 is 4.53. The molecule has 1 fully saturated rings. The van der Waals surface area contributed by atoms with Crippen LogP contribution in [0.15, 0.2) is 46.2 Å². The van der Waals surface area contributed by atoms with Crippen LogP contribution in [0.1, 0.15) is 30.0 Å². The van der Waals surface area contributed by atoms with Crippen molar-refractivity contribution in [2.45, 2.75) is 37.9 Å². The molecule has 9 heteroatoms. The number of nitrogens with one attached hydrogen (secondary N) is 1. The van der Waals surface area contributed by atoms with Crippen molar-refractivity contribution in [3.63, 3.8) is 0 Å². The molecule has 0 radical (unpaired) electrons. The zero-order valence-corrected chi connectivity index (χ0v) is 19.6. The SMILES string of the molecule is Cc1ccc(-c2csc(NC(=O)CSc3nnc(-c4cccs4)n3C3CC3)n2)cc1C. The second-order valence-electron chi connectivity index (χ2n) is 7.56. The number of aromatic nitrogens is 4. The number of carbonyl (C=O) groups is 1. The Morgan fingerprint density at radius 1 is 1.19 bits per heavy atom. The van der Waals surface area contributed by atoms with E-state index >= 15 is 0 Å². The van der Waals surface area contributed by atoms with Gasteiger partial charge in [0.2, 0.25) is 5.91 Å². The summed E-state index contributed by atoms with van der Waals surface area (Å²) in [5.41, 5.74) is 4.43. The molecule has 0 aliphatic heterocycles. The van der Waals surface area contributed by atoms with E-state index in [9.17, 15) is 4.79 Å². The van der Waals surface area contributed by atoms with E-state index in [0.29, 0.717) is 11.2 Å².